The number of amides is 1. The molecule has 5 heteroatoms. The number of hydrogen-bond acceptors (Lipinski definition) is 4. The maximum absolute atomic E-state index is 11.7. The molecule has 0 radical (unpaired) electrons. The van der Waals surface area contributed by atoms with Crippen molar-refractivity contribution in [1.82, 2.24) is 5.32 Å². The van der Waals surface area contributed by atoms with Crippen molar-refractivity contribution in [3.05, 3.63) is 23.8 Å². The largest absolute Gasteiger partial charge is 0.482 e. The third-order valence-corrected chi connectivity index (χ3v) is 2.84. The zero-order chi connectivity index (χ0) is 14.5. The van der Waals surface area contributed by atoms with Gasteiger partial charge in [-0.2, -0.15) is 5.26 Å². The zero-order valence-electron chi connectivity index (χ0n) is 11.5. The molecule has 0 aromatic heterocycles. The van der Waals surface area contributed by atoms with Crippen LogP contribution in [0, 0.1) is 11.3 Å². The molecule has 0 unspecified atom stereocenters. The highest BCUT2D eigenvalue weighted by molar-refractivity contribution is 5.78. The summed E-state index contributed by atoms with van der Waals surface area (Å²) >= 11 is 0. The molecule has 0 saturated heterocycles. The van der Waals surface area contributed by atoms with Gasteiger partial charge in [0.15, 0.2) is 6.61 Å². The maximum atomic E-state index is 11.7. The Balaban J connectivity index is 2.63. The highest BCUT2D eigenvalue weighted by Gasteiger charge is 2.18. The van der Waals surface area contributed by atoms with Crippen LogP contribution in [0.1, 0.15) is 32.8 Å². The molecular formula is C14H19N3O2. The van der Waals surface area contributed by atoms with Crippen molar-refractivity contribution < 1.29 is 9.53 Å². The Morgan fingerprint density at radius 2 is 2.21 bits per heavy atom. The van der Waals surface area contributed by atoms with Crippen LogP contribution in [0.15, 0.2) is 18.2 Å². The topological polar surface area (TPSA) is 88.1 Å². The van der Waals surface area contributed by atoms with E-state index in [4.69, 9.17) is 15.7 Å². The van der Waals surface area contributed by atoms with Crippen LogP contribution in [0.4, 0.5) is 5.69 Å². The van der Waals surface area contributed by atoms with E-state index in [1.807, 2.05) is 26.8 Å². The fourth-order valence-electron chi connectivity index (χ4n) is 1.41. The number of rotatable bonds is 5. The van der Waals surface area contributed by atoms with Gasteiger partial charge in [-0.05, 0) is 38.5 Å². The van der Waals surface area contributed by atoms with Crippen molar-refractivity contribution >= 4 is 11.6 Å². The van der Waals surface area contributed by atoms with Crippen LogP contribution in [-0.4, -0.2) is 18.1 Å². The Labute approximate surface area is 113 Å². The highest BCUT2D eigenvalue weighted by Crippen LogP contribution is 2.20. The third-order valence-electron chi connectivity index (χ3n) is 2.84. The molecule has 0 heterocycles. The Bertz CT molecular complexity index is 504. The molecule has 1 amide bonds. The predicted molar refractivity (Wildman–Crippen MR) is 73.6 cm³/mol. The Hall–Kier alpha value is -2.22. The lowest BCUT2D eigenvalue weighted by Crippen LogP contribution is -2.44. The second-order valence-corrected chi connectivity index (χ2v) is 4.94. The number of hydrogen-bond donors (Lipinski definition) is 2. The fourth-order valence-corrected chi connectivity index (χ4v) is 1.41. The standard InChI is InChI=1S/C14H19N3O2/c1-4-14(2,3)17-13(18)9-19-12-6-5-11(16)7-10(12)8-15/h5-7H,4,9,16H2,1-3H3,(H,17,18). The van der Waals surface area contributed by atoms with Crippen molar-refractivity contribution in [2.75, 3.05) is 12.3 Å². The van der Waals surface area contributed by atoms with E-state index < -0.39 is 0 Å². The van der Waals surface area contributed by atoms with Gasteiger partial charge in [-0.1, -0.05) is 6.92 Å². The van der Waals surface area contributed by atoms with E-state index in [0.29, 0.717) is 17.0 Å². The van der Waals surface area contributed by atoms with E-state index in [2.05, 4.69) is 5.32 Å². The van der Waals surface area contributed by atoms with Crippen LogP contribution in [0.25, 0.3) is 0 Å². The zero-order valence-corrected chi connectivity index (χ0v) is 11.5. The quantitative estimate of drug-likeness (QED) is 0.791. The van der Waals surface area contributed by atoms with Gasteiger partial charge in [0.25, 0.3) is 5.91 Å². The average molecular weight is 261 g/mol. The molecule has 0 bridgehead atoms. The highest BCUT2D eigenvalue weighted by atomic mass is 16.5. The number of nitrogen functional groups attached to an aromatic ring is 1. The Morgan fingerprint density at radius 1 is 1.53 bits per heavy atom. The molecule has 0 fully saturated rings. The number of anilines is 1. The minimum Gasteiger partial charge on any atom is -0.482 e. The molecule has 5 nitrogen and oxygen atoms in total. The lowest BCUT2D eigenvalue weighted by molar-refractivity contribution is -0.124. The lowest BCUT2D eigenvalue weighted by Gasteiger charge is -2.24. The normalized spacial score (nSPS) is 10.6. The van der Waals surface area contributed by atoms with Gasteiger partial charge in [0.2, 0.25) is 0 Å². The van der Waals surface area contributed by atoms with E-state index in [9.17, 15) is 4.79 Å². The molecule has 0 aliphatic rings. The summed E-state index contributed by atoms with van der Waals surface area (Å²) in [6.07, 6.45) is 0.823. The summed E-state index contributed by atoms with van der Waals surface area (Å²) in [5.41, 5.74) is 6.12. The van der Waals surface area contributed by atoms with Gasteiger partial charge in [0, 0.05) is 11.2 Å². The minimum atomic E-state index is -0.264. The van der Waals surface area contributed by atoms with Gasteiger partial charge in [0.1, 0.15) is 11.8 Å². The first-order chi connectivity index (χ1) is 8.88. The molecular weight excluding hydrogens is 242 g/mol. The Kier molecular flexibility index (Phi) is 4.76. The summed E-state index contributed by atoms with van der Waals surface area (Å²) < 4.78 is 5.35. The van der Waals surface area contributed by atoms with Gasteiger partial charge in [-0.25, -0.2) is 0 Å². The molecule has 1 aromatic rings. The van der Waals surface area contributed by atoms with Crippen LogP contribution < -0.4 is 15.8 Å². The fraction of sp³-hybridized carbons (Fsp3) is 0.429. The van der Waals surface area contributed by atoms with Gasteiger partial charge in [-0.3, -0.25) is 4.79 Å². The molecule has 102 valence electrons. The number of ether oxygens (including phenoxy) is 1. The number of nitrogens with two attached hydrogens (primary N) is 1. The van der Waals surface area contributed by atoms with E-state index in [0.717, 1.165) is 6.42 Å². The van der Waals surface area contributed by atoms with Crippen molar-refractivity contribution in [1.29, 1.82) is 5.26 Å². The summed E-state index contributed by atoms with van der Waals surface area (Å²) in [7, 11) is 0. The SMILES string of the molecule is CCC(C)(C)NC(=O)COc1ccc(N)cc1C#N. The third kappa shape index (κ3) is 4.51. The molecule has 0 spiro atoms. The summed E-state index contributed by atoms with van der Waals surface area (Å²) in [5, 5.41) is 11.8. The van der Waals surface area contributed by atoms with Gasteiger partial charge < -0.3 is 15.8 Å². The van der Waals surface area contributed by atoms with Crippen molar-refractivity contribution in [3.63, 3.8) is 0 Å². The average Bonchev–Trinajstić information content (AvgIpc) is 2.36. The van der Waals surface area contributed by atoms with E-state index in [-0.39, 0.29) is 18.1 Å². The molecule has 0 atom stereocenters. The smallest absolute Gasteiger partial charge is 0.258 e. The maximum Gasteiger partial charge on any atom is 0.258 e. The van der Waals surface area contributed by atoms with Crippen LogP contribution in [-0.2, 0) is 4.79 Å². The first kappa shape index (κ1) is 14.8. The number of nitriles is 1. The summed E-state index contributed by atoms with van der Waals surface area (Å²) in [6.45, 7) is 5.75. The van der Waals surface area contributed by atoms with E-state index in [1.165, 1.54) is 6.07 Å². The predicted octanol–water partition coefficient (Wildman–Crippen LogP) is 1.82. The lowest BCUT2D eigenvalue weighted by atomic mass is 10.0. The monoisotopic (exact) mass is 261 g/mol. The number of carbonyl (C=O) groups excluding carboxylic acids is 1. The summed E-state index contributed by atoms with van der Waals surface area (Å²) in [4.78, 5) is 11.7. The second-order valence-electron chi connectivity index (χ2n) is 4.94. The molecule has 0 aliphatic carbocycles. The number of carbonyl (C=O) groups is 1. The number of benzene rings is 1. The van der Waals surface area contributed by atoms with Crippen LogP contribution >= 0.6 is 0 Å². The molecule has 1 rings (SSSR count). The van der Waals surface area contributed by atoms with Gasteiger partial charge in [0.05, 0.1) is 5.56 Å². The van der Waals surface area contributed by atoms with Crippen molar-refractivity contribution in [2.24, 2.45) is 0 Å². The van der Waals surface area contributed by atoms with Crippen LogP contribution in [0.2, 0.25) is 0 Å². The van der Waals surface area contributed by atoms with E-state index >= 15 is 0 Å². The Morgan fingerprint density at radius 3 is 2.79 bits per heavy atom. The number of nitrogens with zero attached hydrogens (tertiary/aromatic N) is 1. The number of nitrogens with one attached hydrogen (secondary N) is 1. The first-order valence-electron chi connectivity index (χ1n) is 6.11. The molecule has 19 heavy (non-hydrogen) atoms. The molecule has 0 saturated carbocycles. The first-order valence-corrected chi connectivity index (χ1v) is 6.11. The summed E-state index contributed by atoms with van der Waals surface area (Å²) in [6, 6.07) is 6.72. The van der Waals surface area contributed by atoms with Gasteiger partial charge >= 0.3 is 0 Å². The van der Waals surface area contributed by atoms with E-state index in [1.54, 1.807) is 12.1 Å². The van der Waals surface area contributed by atoms with Crippen LogP contribution in [0.5, 0.6) is 5.75 Å². The summed E-state index contributed by atoms with van der Waals surface area (Å²) in [5.74, 6) is 0.147. The second kappa shape index (κ2) is 6.10. The van der Waals surface area contributed by atoms with Crippen molar-refractivity contribution in [2.45, 2.75) is 32.7 Å². The van der Waals surface area contributed by atoms with Crippen molar-refractivity contribution in [3.8, 4) is 11.8 Å². The molecule has 0 aliphatic heterocycles. The molecule has 3 N–H and O–H groups in total. The van der Waals surface area contributed by atoms with Crippen LogP contribution in [0.3, 0.4) is 0 Å². The van der Waals surface area contributed by atoms with Gasteiger partial charge in [-0.15, -0.1) is 0 Å². The minimum absolute atomic E-state index is 0.123. The molecule has 1 aromatic carbocycles.